The topological polar surface area (TPSA) is 39.2 Å². The van der Waals surface area contributed by atoms with Crippen molar-refractivity contribution in [3.63, 3.8) is 0 Å². The number of methoxy groups -OCH3 is 1. The Morgan fingerprint density at radius 2 is 1.95 bits per heavy atom. The zero-order valence-corrected chi connectivity index (χ0v) is 12.2. The third-order valence-corrected chi connectivity index (χ3v) is 3.33. The van der Waals surface area contributed by atoms with Gasteiger partial charge in [0.1, 0.15) is 5.15 Å². The van der Waals surface area contributed by atoms with Crippen LogP contribution in [0.15, 0.2) is 24.3 Å². The van der Waals surface area contributed by atoms with Crippen LogP contribution < -0.4 is 0 Å². The number of fused-ring (bicyclic) bond motifs is 1. The van der Waals surface area contributed by atoms with Crippen LogP contribution >= 0.6 is 11.6 Å². The third kappa shape index (κ3) is 2.71. The fourth-order valence-electron chi connectivity index (χ4n) is 1.87. The van der Waals surface area contributed by atoms with Crippen LogP contribution in [0.2, 0.25) is 5.15 Å². The summed E-state index contributed by atoms with van der Waals surface area (Å²) in [7, 11) is 1.33. The minimum Gasteiger partial charge on any atom is -0.465 e. The molecule has 4 heteroatoms. The molecule has 19 heavy (non-hydrogen) atoms. The van der Waals surface area contributed by atoms with E-state index in [4.69, 9.17) is 16.3 Å². The van der Waals surface area contributed by atoms with Crippen LogP contribution in [-0.4, -0.2) is 18.1 Å². The van der Waals surface area contributed by atoms with Crippen molar-refractivity contribution in [3.05, 3.63) is 40.5 Å². The Labute approximate surface area is 117 Å². The number of esters is 1. The smallest absolute Gasteiger partial charge is 0.341 e. The number of carbonyl (C=O) groups is 1. The van der Waals surface area contributed by atoms with E-state index in [9.17, 15) is 4.79 Å². The lowest BCUT2D eigenvalue weighted by molar-refractivity contribution is 0.0600. The van der Waals surface area contributed by atoms with Crippen LogP contribution in [0.3, 0.4) is 0 Å². The molecule has 100 valence electrons. The van der Waals surface area contributed by atoms with Gasteiger partial charge in [-0.2, -0.15) is 0 Å². The minimum atomic E-state index is -0.472. The summed E-state index contributed by atoms with van der Waals surface area (Å²) in [6.07, 6.45) is 0. The zero-order chi connectivity index (χ0) is 14.2. The van der Waals surface area contributed by atoms with Gasteiger partial charge in [0.2, 0.25) is 0 Å². The average Bonchev–Trinajstić information content (AvgIpc) is 2.35. The maximum Gasteiger partial charge on any atom is 0.341 e. The normalized spacial score (nSPS) is 11.6. The highest BCUT2D eigenvalue weighted by atomic mass is 35.5. The largest absolute Gasteiger partial charge is 0.465 e. The predicted octanol–water partition coefficient (Wildman–Crippen LogP) is 3.97. The van der Waals surface area contributed by atoms with E-state index in [1.165, 1.54) is 12.7 Å². The number of halogens is 1. The quantitative estimate of drug-likeness (QED) is 0.585. The van der Waals surface area contributed by atoms with Crippen LogP contribution in [0.25, 0.3) is 10.9 Å². The number of benzene rings is 1. The van der Waals surface area contributed by atoms with E-state index < -0.39 is 5.97 Å². The highest BCUT2D eigenvalue weighted by Crippen LogP contribution is 2.27. The zero-order valence-electron chi connectivity index (χ0n) is 11.5. The molecule has 0 saturated heterocycles. The molecule has 2 aromatic rings. The van der Waals surface area contributed by atoms with Gasteiger partial charge in [-0.15, -0.1) is 0 Å². The van der Waals surface area contributed by atoms with Crippen molar-refractivity contribution in [2.45, 2.75) is 26.2 Å². The molecule has 0 atom stereocenters. The van der Waals surface area contributed by atoms with E-state index in [1.807, 2.05) is 18.2 Å². The van der Waals surface area contributed by atoms with Gasteiger partial charge in [-0.25, -0.2) is 9.78 Å². The van der Waals surface area contributed by atoms with Crippen molar-refractivity contribution in [3.8, 4) is 0 Å². The van der Waals surface area contributed by atoms with E-state index >= 15 is 0 Å². The molecule has 0 N–H and O–H groups in total. The van der Waals surface area contributed by atoms with E-state index in [-0.39, 0.29) is 10.6 Å². The molecule has 0 saturated carbocycles. The fourth-order valence-corrected chi connectivity index (χ4v) is 2.10. The van der Waals surface area contributed by atoms with Gasteiger partial charge in [0, 0.05) is 5.39 Å². The number of aromatic nitrogens is 1. The number of carbonyl (C=O) groups excluding carboxylic acids is 1. The van der Waals surface area contributed by atoms with Crippen molar-refractivity contribution < 1.29 is 9.53 Å². The van der Waals surface area contributed by atoms with Gasteiger partial charge in [0.15, 0.2) is 0 Å². The molecule has 0 aliphatic carbocycles. The Bertz CT molecular complexity index is 644. The second-order valence-electron chi connectivity index (χ2n) is 5.48. The molecular weight excluding hydrogens is 262 g/mol. The second kappa shape index (κ2) is 4.82. The lowest BCUT2D eigenvalue weighted by atomic mass is 9.86. The van der Waals surface area contributed by atoms with Gasteiger partial charge in [-0.1, -0.05) is 38.4 Å². The molecule has 0 spiro atoms. The summed E-state index contributed by atoms with van der Waals surface area (Å²) < 4.78 is 4.70. The van der Waals surface area contributed by atoms with Crippen LogP contribution in [0.4, 0.5) is 0 Å². The van der Waals surface area contributed by atoms with E-state index in [0.29, 0.717) is 5.56 Å². The Morgan fingerprint density at radius 3 is 2.53 bits per heavy atom. The summed E-state index contributed by atoms with van der Waals surface area (Å²) in [5.74, 6) is -0.472. The first-order valence-electron chi connectivity index (χ1n) is 6.02. The monoisotopic (exact) mass is 277 g/mol. The van der Waals surface area contributed by atoms with E-state index in [2.05, 4.69) is 25.8 Å². The molecule has 3 nitrogen and oxygen atoms in total. The van der Waals surface area contributed by atoms with E-state index in [1.54, 1.807) is 6.07 Å². The van der Waals surface area contributed by atoms with Gasteiger partial charge in [-0.3, -0.25) is 0 Å². The third-order valence-electron chi connectivity index (χ3n) is 3.04. The van der Waals surface area contributed by atoms with Crippen LogP contribution in [-0.2, 0) is 10.2 Å². The molecule has 0 aliphatic heterocycles. The van der Waals surface area contributed by atoms with Crippen molar-refractivity contribution in [1.29, 1.82) is 0 Å². The Hall–Kier alpha value is -1.61. The van der Waals surface area contributed by atoms with Crippen LogP contribution in [0, 0.1) is 0 Å². The molecule has 0 aliphatic rings. The lowest BCUT2D eigenvalue weighted by Crippen LogP contribution is -2.11. The second-order valence-corrected chi connectivity index (χ2v) is 5.83. The first-order valence-corrected chi connectivity index (χ1v) is 6.40. The molecule has 2 rings (SSSR count). The van der Waals surface area contributed by atoms with Gasteiger partial charge in [0.05, 0.1) is 18.2 Å². The van der Waals surface area contributed by atoms with E-state index in [0.717, 1.165) is 10.9 Å². The summed E-state index contributed by atoms with van der Waals surface area (Å²) >= 11 is 5.99. The van der Waals surface area contributed by atoms with Crippen LogP contribution in [0.5, 0.6) is 0 Å². The highest BCUT2D eigenvalue weighted by Gasteiger charge is 2.17. The van der Waals surface area contributed by atoms with Crippen molar-refractivity contribution in [2.75, 3.05) is 7.11 Å². The number of nitrogens with zero attached hydrogens (tertiary/aromatic N) is 1. The molecular formula is C15H16ClNO2. The minimum absolute atomic E-state index is 0.0409. The summed E-state index contributed by atoms with van der Waals surface area (Å²) in [6, 6.07) is 7.71. The molecule has 1 aromatic carbocycles. The van der Waals surface area contributed by atoms with Gasteiger partial charge < -0.3 is 4.74 Å². The molecule has 1 heterocycles. The highest BCUT2D eigenvalue weighted by molar-refractivity contribution is 6.32. The maximum atomic E-state index is 11.6. The summed E-state index contributed by atoms with van der Waals surface area (Å²) in [6.45, 7) is 6.41. The molecule has 1 aromatic heterocycles. The molecule has 0 amide bonds. The first-order chi connectivity index (χ1) is 8.82. The number of ether oxygens (including phenoxy) is 1. The Morgan fingerprint density at radius 1 is 1.26 bits per heavy atom. The number of rotatable bonds is 1. The van der Waals surface area contributed by atoms with Gasteiger partial charge >= 0.3 is 5.97 Å². The standard InChI is InChI=1S/C15H16ClNO2/c1-15(2,3)10-5-6-12-9(7-10)8-11(13(16)17-12)14(18)19-4/h5-8H,1-4H3. The van der Waals surface area contributed by atoms with Crippen molar-refractivity contribution in [2.24, 2.45) is 0 Å². The molecule has 0 radical (unpaired) electrons. The Balaban J connectivity index is 2.65. The maximum absolute atomic E-state index is 11.6. The predicted molar refractivity (Wildman–Crippen MR) is 76.8 cm³/mol. The first kappa shape index (κ1) is 13.8. The van der Waals surface area contributed by atoms with Gasteiger partial charge in [-0.05, 0) is 29.2 Å². The Kier molecular flexibility index (Phi) is 3.50. The number of pyridine rings is 1. The summed E-state index contributed by atoms with van der Waals surface area (Å²) in [4.78, 5) is 15.8. The fraction of sp³-hybridized carbons (Fsp3) is 0.333. The summed E-state index contributed by atoms with van der Waals surface area (Å²) in [5.41, 5.74) is 2.28. The molecule has 0 fully saturated rings. The van der Waals surface area contributed by atoms with Crippen molar-refractivity contribution in [1.82, 2.24) is 4.98 Å². The number of hydrogen-bond acceptors (Lipinski definition) is 3. The summed E-state index contributed by atoms with van der Waals surface area (Å²) in [5, 5.41) is 1.06. The lowest BCUT2D eigenvalue weighted by Gasteiger charge is -2.19. The van der Waals surface area contributed by atoms with Crippen molar-refractivity contribution >= 4 is 28.5 Å². The molecule has 0 unspecified atom stereocenters. The molecule has 0 bridgehead atoms. The van der Waals surface area contributed by atoms with Gasteiger partial charge in [0.25, 0.3) is 0 Å². The number of hydrogen-bond donors (Lipinski definition) is 0. The SMILES string of the molecule is COC(=O)c1cc2cc(C(C)(C)C)ccc2nc1Cl. The van der Waals surface area contributed by atoms with Crippen LogP contribution in [0.1, 0.15) is 36.7 Å². The average molecular weight is 278 g/mol.